The number of hydrogen-bond donors (Lipinski definition) is 2. The van der Waals surface area contributed by atoms with Gasteiger partial charge in [-0.05, 0) is 48.7 Å². The van der Waals surface area contributed by atoms with Crippen LogP contribution >= 0.6 is 0 Å². The summed E-state index contributed by atoms with van der Waals surface area (Å²) in [7, 11) is 1.52. The minimum Gasteiger partial charge on any atom is -0.497 e. The maximum atomic E-state index is 13.5. The van der Waals surface area contributed by atoms with Gasteiger partial charge < -0.3 is 10.1 Å². The first kappa shape index (κ1) is 27.6. The van der Waals surface area contributed by atoms with E-state index >= 15 is 0 Å². The third-order valence-electron chi connectivity index (χ3n) is 4.72. The number of amides is 2. The van der Waals surface area contributed by atoms with Gasteiger partial charge in [0, 0.05) is 12.1 Å². The fourth-order valence-electron chi connectivity index (χ4n) is 2.67. The van der Waals surface area contributed by atoms with E-state index in [1.807, 2.05) is 0 Å². The molecule has 0 saturated carbocycles. The largest absolute Gasteiger partial charge is 0.497 e. The van der Waals surface area contributed by atoms with Gasteiger partial charge in [-0.15, -0.1) is 0 Å². The first-order valence-electron chi connectivity index (χ1n) is 9.89. The molecule has 0 aliphatic carbocycles. The van der Waals surface area contributed by atoms with Gasteiger partial charge in [-0.25, -0.2) is 5.43 Å². The Morgan fingerprint density at radius 2 is 1.60 bits per heavy atom. The Morgan fingerprint density at radius 1 is 0.971 bits per heavy atom. The van der Waals surface area contributed by atoms with Gasteiger partial charge >= 0.3 is 23.9 Å². The molecule has 0 bridgehead atoms. The van der Waals surface area contributed by atoms with Crippen molar-refractivity contribution in [3.63, 3.8) is 0 Å². The first-order chi connectivity index (χ1) is 16.2. The predicted octanol–water partition coefficient (Wildman–Crippen LogP) is 4.94. The van der Waals surface area contributed by atoms with Gasteiger partial charge in [0.25, 0.3) is 0 Å². The number of anilines is 1. The molecule has 35 heavy (non-hydrogen) atoms. The van der Waals surface area contributed by atoms with Crippen molar-refractivity contribution in [1.82, 2.24) is 5.43 Å². The Bertz CT molecular complexity index is 1080. The zero-order valence-corrected chi connectivity index (χ0v) is 18.4. The monoisotopic (exact) mass is 507 g/mol. The number of nitrogens with one attached hydrogen (secondary N) is 2. The SMILES string of the molecule is COc1ccc(CCC(=O)NN=C(C)c2cccc(NC(=O)C(F)(F)C(F)(F)C(F)(F)F)c2)cc1. The number of alkyl halides is 7. The summed E-state index contributed by atoms with van der Waals surface area (Å²) in [5, 5.41) is 5.19. The molecule has 0 aliphatic heterocycles. The van der Waals surface area contributed by atoms with Crippen molar-refractivity contribution < 1.29 is 45.1 Å². The van der Waals surface area contributed by atoms with Crippen molar-refractivity contribution in [2.24, 2.45) is 5.10 Å². The van der Waals surface area contributed by atoms with Gasteiger partial charge in [-0.3, -0.25) is 9.59 Å². The number of methoxy groups -OCH3 is 1. The molecule has 0 saturated heterocycles. The number of carbonyl (C=O) groups is 2. The number of carbonyl (C=O) groups excluding carboxylic acids is 2. The van der Waals surface area contributed by atoms with E-state index in [-0.39, 0.29) is 17.7 Å². The average molecular weight is 507 g/mol. The molecule has 0 aromatic heterocycles. The minimum absolute atomic E-state index is 0.0850. The van der Waals surface area contributed by atoms with Crippen LogP contribution in [0.3, 0.4) is 0 Å². The summed E-state index contributed by atoms with van der Waals surface area (Å²) in [5.74, 6) is -15.2. The fourth-order valence-corrected chi connectivity index (χ4v) is 2.67. The molecule has 0 unspecified atom stereocenters. The average Bonchev–Trinajstić information content (AvgIpc) is 2.80. The molecular weight excluding hydrogens is 487 g/mol. The van der Waals surface area contributed by atoms with Crippen LogP contribution in [-0.4, -0.2) is 42.7 Å². The lowest BCUT2D eigenvalue weighted by Gasteiger charge is -2.27. The van der Waals surface area contributed by atoms with Crippen LogP contribution in [0.4, 0.5) is 36.4 Å². The van der Waals surface area contributed by atoms with E-state index in [0.717, 1.165) is 17.7 Å². The molecule has 6 nitrogen and oxygen atoms in total. The standard InChI is InChI=1S/C22H20F7N3O3/c1-13(31-32-18(33)11-8-14-6-9-17(35-2)10-7-14)15-4-3-5-16(12-15)30-19(34)20(23,24)21(25,26)22(27,28)29/h3-7,9-10,12H,8,11H2,1-2H3,(H,30,34)(H,32,33). The molecule has 2 aromatic carbocycles. The first-order valence-corrected chi connectivity index (χ1v) is 9.89. The normalized spacial score (nSPS) is 12.8. The summed E-state index contributed by atoms with van der Waals surface area (Å²) in [6.45, 7) is 1.41. The molecule has 2 amide bonds. The van der Waals surface area contributed by atoms with Crippen LogP contribution in [0.5, 0.6) is 5.75 Å². The molecular formula is C22H20F7N3O3. The van der Waals surface area contributed by atoms with Gasteiger partial charge in [0.05, 0.1) is 12.8 Å². The Balaban J connectivity index is 2.01. The lowest BCUT2D eigenvalue weighted by molar-refractivity contribution is -0.343. The van der Waals surface area contributed by atoms with E-state index in [1.165, 1.54) is 31.5 Å². The zero-order valence-electron chi connectivity index (χ0n) is 18.4. The van der Waals surface area contributed by atoms with Crippen LogP contribution in [0.25, 0.3) is 0 Å². The molecule has 0 aliphatic rings. The van der Waals surface area contributed by atoms with Crippen LogP contribution < -0.4 is 15.5 Å². The van der Waals surface area contributed by atoms with Crippen molar-refractivity contribution in [3.05, 3.63) is 59.7 Å². The summed E-state index contributed by atoms with van der Waals surface area (Å²) in [4.78, 5) is 23.5. The highest BCUT2D eigenvalue weighted by molar-refractivity contribution is 6.02. The highest BCUT2D eigenvalue weighted by Crippen LogP contribution is 2.46. The Hall–Kier alpha value is -3.64. The topological polar surface area (TPSA) is 79.8 Å². The van der Waals surface area contributed by atoms with Crippen molar-refractivity contribution in [1.29, 1.82) is 0 Å². The van der Waals surface area contributed by atoms with Crippen molar-refractivity contribution >= 4 is 23.2 Å². The second-order valence-electron chi connectivity index (χ2n) is 7.26. The summed E-state index contributed by atoms with van der Waals surface area (Å²) in [6.07, 6.45) is -6.14. The lowest BCUT2D eigenvalue weighted by atomic mass is 10.1. The number of hydrogen-bond acceptors (Lipinski definition) is 4. The second kappa shape index (κ2) is 10.7. The number of ether oxygens (including phenoxy) is 1. The lowest BCUT2D eigenvalue weighted by Crippen LogP contribution is -2.57. The van der Waals surface area contributed by atoms with Gasteiger partial charge in [-0.1, -0.05) is 24.3 Å². The smallest absolute Gasteiger partial charge is 0.460 e. The van der Waals surface area contributed by atoms with Crippen LogP contribution in [-0.2, 0) is 16.0 Å². The summed E-state index contributed by atoms with van der Waals surface area (Å²) in [6, 6.07) is 11.7. The minimum atomic E-state index is -6.63. The molecule has 0 fully saturated rings. The molecule has 2 rings (SSSR count). The molecule has 2 N–H and O–H groups in total. The van der Waals surface area contributed by atoms with E-state index in [1.54, 1.807) is 24.3 Å². The number of benzene rings is 2. The highest BCUT2D eigenvalue weighted by Gasteiger charge is 2.76. The highest BCUT2D eigenvalue weighted by atomic mass is 19.4. The zero-order chi connectivity index (χ0) is 26.4. The molecule has 0 atom stereocenters. The number of halogens is 7. The van der Waals surface area contributed by atoms with E-state index < -0.39 is 35.5 Å². The summed E-state index contributed by atoms with van der Waals surface area (Å²) in [5.41, 5.74) is 2.99. The molecule has 0 spiro atoms. The van der Waals surface area contributed by atoms with E-state index in [4.69, 9.17) is 4.74 Å². The Labute approximate surface area is 195 Å². The third-order valence-corrected chi connectivity index (χ3v) is 4.72. The van der Waals surface area contributed by atoms with E-state index in [0.29, 0.717) is 12.2 Å². The van der Waals surface area contributed by atoms with E-state index in [9.17, 15) is 40.3 Å². The van der Waals surface area contributed by atoms with Gasteiger partial charge in [0.1, 0.15) is 5.75 Å². The quantitative estimate of drug-likeness (QED) is 0.287. The maximum Gasteiger partial charge on any atom is 0.460 e. The van der Waals surface area contributed by atoms with Gasteiger partial charge in [-0.2, -0.15) is 35.8 Å². The summed E-state index contributed by atoms with van der Waals surface area (Å²) >= 11 is 0. The van der Waals surface area contributed by atoms with Crippen molar-refractivity contribution in [2.75, 3.05) is 12.4 Å². The molecule has 0 heterocycles. The molecule has 2 aromatic rings. The van der Waals surface area contributed by atoms with Crippen LogP contribution in [0.2, 0.25) is 0 Å². The van der Waals surface area contributed by atoms with Crippen molar-refractivity contribution in [2.45, 2.75) is 37.8 Å². The van der Waals surface area contributed by atoms with Gasteiger partial charge in [0.15, 0.2) is 0 Å². The van der Waals surface area contributed by atoms with Crippen LogP contribution in [0, 0.1) is 0 Å². The maximum absolute atomic E-state index is 13.5. The number of nitrogens with zero attached hydrogens (tertiary/aromatic N) is 1. The number of rotatable bonds is 9. The number of aryl methyl sites for hydroxylation is 1. The third kappa shape index (κ3) is 6.70. The van der Waals surface area contributed by atoms with Crippen LogP contribution in [0.1, 0.15) is 24.5 Å². The predicted molar refractivity (Wildman–Crippen MR) is 113 cm³/mol. The van der Waals surface area contributed by atoms with Gasteiger partial charge in [0.2, 0.25) is 5.91 Å². The summed E-state index contributed by atoms with van der Waals surface area (Å²) < 4.78 is 95.0. The van der Waals surface area contributed by atoms with Crippen molar-refractivity contribution in [3.8, 4) is 5.75 Å². The van der Waals surface area contributed by atoms with E-state index in [2.05, 4.69) is 10.5 Å². The second-order valence-corrected chi connectivity index (χ2v) is 7.26. The number of hydrazone groups is 1. The van der Waals surface area contributed by atoms with Crippen LogP contribution in [0.15, 0.2) is 53.6 Å². The Morgan fingerprint density at radius 3 is 2.17 bits per heavy atom. The molecule has 13 heteroatoms. The Kier molecular flexibility index (Phi) is 8.47. The molecule has 0 radical (unpaired) electrons. The fraction of sp³-hybridized carbons (Fsp3) is 0.318. The molecule has 190 valence electrons.